The minimum Gasteiger partial charge on any atom is -0.321 e. The molecule has 0 spiro atoms. The standard InChI is InChI=1S/C16H17IN2OS/c1-11-14-7-9-21-15(14)6-8-19(11)10-16(20)18-13-4-2-12(17)3-5-13/h2-5,7,9,11H,6,8,10H2,1H3,(H,18,20)/p+1/t11-/m0/s1. The summed E-state index contributed by atoms with van der Waals surface area (Å²) in [6.45, 7) is 3.79. The van der Waals surface area contributed by atoms with E-state index in [1.807, 2.05) is 35.6 Å². The quantitative estimate of drug-likeness (QED) is 0.746. The van der Waals surface area contributed by atoms with Gasteiger partial charge in [0.1, 0.15) is 6.04 Å². The minimum absolute atomic E-state index is 0.0942. The number of benzene rings is 1. The van der Waals surface area contributed by atoms with Gasteiger partial charge in [-0.1, -0.05) is 0 Å². The second-order valence-corrected chi connectivity index (χ2v) is 7.66. The first-order valence-electron chi connectivity index (χ1n) is 7.10. The lowest BCUT2D eigenvalue weighted by molar-refractivity contribution is -0.923. The van der Waals surface area contributed by atoms with E-state index >= 15 is 0 Å². The third-order valence-corrected chi connectivity index (χ3v) is 5.76. The molecule has 1 amide bonds. The number of quaternary nitrogens is 1. The molecule has 21 heavy (non-hydrogen) atoms. The number of carbonyl (C=O) groups excluding carboxylic acids is 1. The zero-order valence-electron chi connectivity index (χ0n) is 11.9. The molecular weight excluding hydrogens is 395 g/mol. The normalized spacial score (nSPS) is 20.9. The van der Waals surface area contributed by atoms with Crippen molar-refractivity contribution in [3.8, 4) is 0 Å². The van der Waals surface area contributed by atoms with E-state index in [4.69, 9.17) is 0 Å². The van der Waals surface area contributed by atoms with Gasteiger partial charge in [0.05, 0.1) is 6.54 Å². The van der Waals surface area contributed by atoms with Crippen molar-refractivity contribution >= 4 is 45.5 Å². The molecule has 5 heteroatoms. The summed E-state index contributed by atoms with van der Waals surface area (Å²) in [7, 11) is 0. The van der Waals surface area contributed by atoms with Crippen LogP contribution in [0.4, 0.5) is 5.69 Å². The maximum atomic E-state index is 12.2. The number of nitrogens with one attached hydrogen (secondary N) is 2. The predicted octanol–water partition coefficient (Wildman–Crippen LogP) is 2.49. The molecule has 110 valence electrons. The van der Waals surface area contributed by atoms with Crippen molar-refractivity contribution in [2.75, 3.05) is 18.4 Å². The van der Waals surface area contributed by atoms with Gasteiger partial charge in [0.2, 0.25) is 0 Å². The second kappa shape index (κ2) is 6.46. The molecule has 1 unspecified atom stereocenters. The van der Waals surface area contributed by atoms with Crippen LogP contribution in [0.1, 0.15) is 23.4 Å². The van der Waals surface area contributed by atoms with Gasteiger partial charge in [-0.05, 0) is 65.2 Å². The number of thiophene rings is 1. The van der Waals surface area contributed by atoms with Gasteiger partial charge >= 0.3 is 0 Å². The molecule has 2 heterocycles. The number of fused-ring (bicyclic) bond motifs is 1. The van der Waals surface area contributed by atoms with Crippen LogP contribution in [-0.2, 0) is 11.2 Å². The van der Waals surface area contributed by atoms with Crippen LogP contribution in [0.25, 0.3) is 0 Å². The summed E-state index contributed by atoms with van der Waals surface area (Å²) in [5, 5.41) is 5.16. The molecule has 1 aliphatic heterocycles. The summed E-state index contributed by atoms with van der Waals surface area (Å²) in [6.07, 6.45) is 1.09. The highest BCUT2D eigenvalue weighted by atomic mass is 127. The first-order valence-corrected chi connectivity index (χ1v) is 9.05. The van der Waals surface area contributed by atoms with Crippen molar-refractivity contribution in [3.63, 3.8) is 0 Å². The van der Waals surface area contributed by atoms with E-state index in [9.17, 15) is 4.79 Å². The minimum atomic E-state index is 0.0942. The van der Waals surface area contributed by atoms with Gasteiger partial charge in [0.15, 0.2) is 6.54 Å². The Hall–Kier alpha value is -0.920. The zero-order chi connectivity index (χ0) is 14.8. The monoisotopic (exact) mass is 413 g/mol. The molecule has 2 N–H and O–H groups in total. The fourth-order valence-corrected chi connectivity index (χ4v) is 4.18. The van der Waals surface area contributed by atoms with Crippen LogP contribution in [0.15, 0.2) is 35.7 Å². The third kappa shape index (κ3) is 3.46. The van der Waals surface area contributed by atoms with Gasteiger partial charge in [-0.3, -0.25) is 4.79 Å². The van der Waals surface area contributed by atoms with Crippen LogP contribution in [0.3, 0.4) is 0 Å². The van der Waals surface area contributed by atoms with E-state index in [0.717, 1.165) is 18.7 Å². The average molecular weight is 413 g/mol. The lowest BCUT2D eigenvalue weighted by Gasteiger charge is -2.29. The molecule has 2 atom stereocenters. The number of hydrogen-bond donors (Lipinski definition) is 2. The number of carbonyl (C=O) groups is 1. The van der Waals surface area contributed by atoms with Gasteiger partial charge < -0.3 is 10.2 Å². The van der Waals surface area contributed by atoms with Crippen molar-refractivity contribution in [2.45, 2.75) is 19.4 Å². The fourth-order valence-electron chi connectivity index (χ4n) is 2.84. The number of hydrogen-bond acceptors (Lipinski definition) is 2. The molecule has 0 saturated carbocycles. The summed E-state index contributed by atoms with van der Waals surface area (Å²) >= 11 is 4.10. The molecule has 3 rings (SSSR count). The Balaban J connectivity index is 1.62. The van der Waals surface area contributed by atoms with E-state index in [-0.39, 0.29) is 5.91 Å². The fraction of sp³-hybridized carbons (Fsp3) is 0.312. The molecule has 1 aliphatic rings. The van der Waals surface area contributed by atoms with Gasteiger partial charge in [-0.25, -0.2) is 0 Å². The Labute approximate surface area is 142 Å². The van der Waals surface area contributed by atoms with Crippen LogP contribution in [-0.4, -0.2) is 19.0 Å². The molecular formula is C16H18IN2OS+. The highest BCUT2D eigenvalue weighted by Gasteiger charge is 2.29. The number of anilines is 1. The van der Waals surface area contributed by atoms with Crippen LogP contribution in [0, 0.1) is 3.57 Å². The van der Waals surface area contributed by atoms with E-state index in [1.165, 1.54) is 18.9 Å². The zero-order valence-corrected chi connectivity index (χ0v) is 14.8. The Morgan fingerprint density at radius 1 is 1.38 bits per heavy atom. The summed E-state index contributed by atoms with van der Waals surface area (Å²) < 4.78 is 1.17. The van der Waals surface area contributed by atoms with Gasteiger partial charge in [-0.2, -0.15) is 0 Å². The number of halogens is 1. The summed E-state index contributed by atoms with van der Waals surface area (Å²) in [5.41, 5.74) is 2.30. The van der Waals surface area contributed by atoms with Crippen molar-refractivity contribution < 1.29 is 9.69 Å². The summed E-state index contributed by atoms with van der Waals surface area (Å²) in [6, 6.07) is 10.5. The Morgan fingerprint density at radius 2 is 2.14 bits per heavy atom. The van der Waals surface area contributed by atoms with Crippen LogP contribution in [0.5, 0.6) is 0 Å². The highest BCUT2D eigenvalue weighted by Crippen LogP contribution is 2.24. The first-order chi connectivity index (χ1) is 10.1. The Bertz CT molecular complexity index is 638. The largest absolute Gasteiger partial charge is 0.321 e. The van der Waals surface area contributed by atoms with Crippen molar-refractivity contribution in [2.24, 2.45) is 0 Å². The van der Waals surface area contributed by atoms with Gasteiger partial charge in [0, 0.05) is 26.1 Å². The molecule has 0 aliphatic carbocycles. The summed E-state index contributed by atoms with van der Waals surface area (Å²) in [4.78, 5) is 15.1. The molecule has 0 bridgehead atoms. The molecule has 2 aromatic rings. The second-order valence-electron chi connectivity index (χ2n) is 5.41. The molecule has 0 radical (unpaired) electrons. The first kappa shape index (κ1) is 15.0. The number of rotatable bonds is 3. The van der Waals surface area contributed by atoms with E-state index in [0.29, 0.717) is 12.6 Å². The Morgan fingerprint density at radius 3 is 2.90 bits per heavy atom. The smallest absolute Gasteiger partial charge is 0.279 e. The molecule has 3 nitrogen and oxygen atoms in total. The van der Waals surface area contributed by atoms with Crippen LogP contribution in [0.2, 0.25) is 0 Å². The third-order valence-electron chi connectivity index (χ3n) is 4.05. The SMILES string of the molecule is C[C@H]1c2ccsc2CC[NH+]1CC(=O)Nc1ccc(I)cc1. The van der Waals surface area contributed by atoms with Gasteiger partial charge in [-0.15, -0.1) is 11.3 Å². The maximum absolute atomic E-state index is 12.2. The Kier molecular flexibility index (Phi) is 4.61. The van der Waals surface area contributed by atoms with E-state index in [2.05, 4.69) is 46.3 Å². The molecule has 1 aromatic carbocycles. The topological polar surface area (TPSA) is 33.5 Å². The average Bonchev–Trinajstić information content (AvgIpc) is 2.94. The lowest BCUT2D eigenvalue weighted by Crippen LogP contribution is -3.14. The summed E-state index contributed by atoms with van der Waals surface area (Å²) in [5.74, 6) is 0.0942. The van der Waals surface area contributed by atoms with Crippen LogP contribution >= 0.6 is 33.9 Å². The highest BCUT2D eigenvalue weighted by molar-refractivity contribution is 14.1. The molecule has 1 aromatic heterocycles. The van der Waals surface area contributed by atoms with Crippen molar-refractivity contribution in [1.29, 1.82) is 0 Å². The van der Waals surface area contributed by atoms with Crippen molar-refractivity contribution in [3.05, 3.63) is 49.7 Å². The maximum Gasteiger partial charge on any atom is 0.279 e. The molecule has 0 fully saturated rings. The number of amides is 1. The van der Waals surface area contributed by atoms with E-state index < -0.39 is 0 Å². The molecule has 0 saturated heterocycles. The lowest BCUT2D eigenvalue weighted by atomic mass is 10.0. The van der Waals surface area contributed by atoms with Crippen LogP contribution < -0.4 is 10.2 Å². The van der Waals surface area contributed by atoms with Gasteiger partial charge in [0.25, 0.3) is 5.91 Å². The van der Waals surface area contributed by atoms with E-state index in [1.54, 1.807) is 0 Å². The van der Waals surface area contributed by atoms with Crippen molar-refractivity contribution in [1.82, 2.24) is 0 Å². The predicted molar refractivity (Wildman–Crippen MR) is 94.9 cm³/mol.